The van der Waals surface area contributed by atoms with Crippen molar-refractivity contribution in [2.75, 3.05) is 49.1 Å². The van der Waals surface area contributed by atoms with Crippen LogP contribution in [0.25, 0.3) is 0 Å². The van der Waals surface area contributed by atoms with Crippen LogP contribution in [0.2, 0.25) is 0 Å². The second-order valence-corrected chi connectivity index (χ2v) is 6.16. The molecule has 0 unspecified atom stereocenters. The summed E-state index contributed by atoms with van der Waals surface area (Å²) in [5, 5.41) is 9.06. The Morgan fingerprint density at radius 1 is 1.00 bits per heavy atom. The van der Waals surface area contributed by atoms with Crippen molar-refractivity contribution in [1.82, 2.24) is 25.1 Å². The molecule has 0 N–H and O–H groups in total. The molecule has 8 heteroatoms. The average molecular weight is 303 g/mol. The number of piperazine rings is 1. The van der Waals surface area contributed by atoms with Crippen molar-refractivity contribution in [3.05, 3.63) is 24.0 Å². The Morgan fingerprint density at radius 2 is 1.76 bits per heavy atom. The van der Waals surface area contributed by atoms with Gasteiger partial charge in [-0.05, 0) is 6.07 Å². The van der Waals surface area contributed by atoms with Crippen LogP contribution in [0, 0.1) is 0 Å². The maximum absolute atomic E-state index is 4.33. The Morgan fingerprint density at radius 3 is 2.43 bits per heavy atom. The summed E-state index contributed by atoms with van der Waals surface area (Å²) in [5.41, 5.74) is 1.79. The molecule has 0 amide bonds. The standard InChI is InChI=1S/C13H17N7S/c1-2-14-12(15-3-1)19-6-4-18(5-7-19)11-8-20(9-11)13-17-16-10-21-13/h1-3,10-11H,4-9H2. The van der Waals surface area contributed by atoms with E-state index in [1.165, 1.54) is 0 Å². The number of hydrogen-bond acceptors (Lipinski definition) is 8. The first-order valence-corrected chi connectivity index (χ1v) is 8.05. The molecule has 4 heterocycles. The van der Waals surface area contributed by atoms with Crippen LogP contribution in [-0.2, 0) is 0 Å². The lowest BCUT2D eigenvalue weighted by Crippen LogP contribution is -2.63. The van der Waals surface area contributed by atoms with E-state index in [9.17, 15) is 0 Å². The van der Waals surface area contributed by atoms with Crippen LogP contribution in [0.4, 0.5) is 11.1 Å². The molecular formula is C13H17N7S. The third kappa shape index (κ3) is 2.56. The van der Waals surface area contributed by atoms with Crippen molar-refractivity contribution in [2.45, 2.75) is 6.04 Å². The number of hydrogen-bond donors (Lipinski definition) is 0. The zero-order valence-electron chi connectivity index (χ0n) is 11.7. The van der Waals surface area contributed by atoms with E-state index in [1.807, 2.05) is 6.07 Å². The highest BCUT2D eigenvalue weighted by molar-refractivity contribution is 7.13. The largest absolute Gasteiger partial charge is 0.343 e. The third-order valence-electron chi connectivity index (χ3n) is 4.15. The van der Waals surface area contributed by atoms with Gasteiger partial charge in [-0.15, -0.1) is 10.2 Å². The first kappa shape index (κ1) is 12.9. The van der Waals surface area contributed by atoms with E-state index in [0.717, 1.165) is 50.3 Å². The fourth-order valence-corrected chi connectivity index (χ4v) is 3.47. The van der Waals surface area contributed by atoms with Gasteiger partial charge in [-0.3, -0.25) is 4.90 Å². The monoisotopic (exact) mass is 303 g/mol. The minimum absolute atomic E-state index is 0.646. The highest BCUT2D eigenvalue weighted by atomic mass is 32.1. The van der Waals surface area contributed by atoms with Crippen LogP contribution in [0.5, 0.6) is 0 Å². The van der Waals surface area contributed by atoms with Crippen LogP contribution < -0.4 is 9.80 Å². The zero-order chi connectivity index (χ0) is 14.1. The van der Waals surface area contributed by atoms with Crippen LogP contribution >= 0.6 is 11.3 Å². The Bertz CT molecular complexity index is 561. The molecule has 0 spiro atoms. The molecule has 2 aromatic heterocycles. The average Bonchev–Trinajstić information content (AvgIpc) is 3.01. The van der Waals surface area contributed by atoms with E-state index in [2.05, 4.69) is 34.9 Å². The number of rotatable bonds is 3. The molecule has 0 atom stereocenters. The fourth-order valence-electron chi connectivity index (χ4n) is 2.89. The fraction of sp³-hybridized carbons (Fsp3) is 0.538. The molecule has 0 aromatic carbocycles. The smallest absolute Gasteiger partial charge is 0.225 e. The molecule has 2 aromatic rings. The summed E-state index contributed by atoms with van der Waals surface area (Å²) in [4.78, 5) is 15.8. The topological polar surface area (TPSA) is 61.3 Å². The summed E-state index contributed by atoms with van der Waals surface area (Å²) in [6, 6.07) is 2.50. The summed E-state index contributed by atoms with van der Waals surface area (Å²) in [6.07, 6.45) is 3.61. The molecule has 7 nitrogen and oxygen atoms in total. The Kier molecular flexibility index (Phi) is 3.40. The first-order chi connectivity index (χ1) is 10.4. The molecule has 0 radical (unpaired) electrons. The van der Waals surface area contributed by atoms with E-state index < -0.39 is 0 Å². The SMILES string of the molecule is c1cnc(N2CCN(C3CN(c4nncs4)C3)CC2)nc1. The Hall–Kier alpha value is -1.80. The minimum Gasteiger partial charge on any atom is -0.343 e. The number of aromatic nitrogens is 4. The molecule has 4 rings (SSSR count). The van der Waals surface area contributed by atoms with Crippen molar-refractivity contribution in [3.63, 3.8) is 0 Å². The van der Waals surface area contributed by atoms with Gasteiger partial charge in [-0.25, -0.2) is 9.97 Å². The minimum atomic E-state index is 0.646. The zero-order valence-corrected chi connectivity index (χ0v) is 12.5. The quantitative estimate of drug-likeness (QED) is 0.810. The molecule has 2 fully saturated rings. The maximum Gasteiger partial charge on any atom is 0.225 e. The highest BCUT2D eigenvalue weighted by Crippen LogP contribution is 2.25. The Labute approximate surface area is 127 Å². The molecule has 0 bridgehead atoms. The van der Waals surface area contributed by atoms with Crippen LogP contribution in [0.15, 0.2) is 24.0 Å². The highest BCUT2D eigenvalue weighted by Gasteiger charge is 2.35. The van der Waals surface area contributed by atoms with Crippen LogP contribution in [0.3, 0.4) is 0 Å². The normalized spacial score (nSPS) is 20.6. The number of nitrogens with zero attached hydrogens (tertiary/aromatic N) is 7. The van der Waals surface area contributed by atoms with Gasteiger partial charge >= 0.3 is 0 Å². The van der Waals surface area contributed by atoms with Gasteiger partial charge in [0.05, 0.1) is 0 Å². The molecule has 2 saturated heterocycles. The van der Waals surface area contributed by atoms with Crippen LogP contribution in [-0.4, -0.2) is 70.4 Å². The molecule has 110 valence electrons. The van der Waals surface area contributed by atoms with Gasteiger partial charge in [-0.1, -0.05) is 11.3 Å². The summed E-state index contributed by atoms with van der Waals surface area (Å²) in [5.74, 6) is 0.848. The van der Waals surface area contributed by atoms with E-state index in [0.29, 0.717) is 6.04 Å². The second-order valence-electron chi connectivity index (χ2n) is 5.35. The Balaban J connectivity index is 1.29. The molecule has 2 aliphatic rings. The first-order valence-electron chi connectivity index (χ1n) is 7.17. The van der Waals surface area contributed by atoms with Gasteiger partial charge in [0.15, 0.2) is 0 Å². The summed E-state index contributed by atoms with van der Waals surface area (Å²) < 4.78 is 0. The molecule has 0 saturated carbocycles. The lowest BCUT2D eigenvalue weighted by atomic mass is 10.1. The predicted octanol–water partition coefficient (Wildman–Crippen LogP) is 0.339. The lowest BCUT2D eigenvalue weighted by molar-refractivity contribution is 0.156. The van der Waals surface area contributed by atoms with E-state index in [4.69, 9.17) is 0 Å². The molecule has 21 heavy (non-hydrogen) atoms. The van der Waals surface area contributed by atoms with Gasteiger partial charge < -0.3 is 9.80 Å². The van der Waals surface area contributed by atoms with Gasteiger partial charge in [0.25, 0.3) is 0 Å². The summed E-state index contributed by atoms with van der Waals surface area (Å²) in [6.45, 7) is 6.28. The maximum atomic E-state index is 4.33. The van der Waals surface area contributed by atoms with Crippen molar-refractivity contribution in [2.24, 2.45) is 0 Å². The third-order valence-corrected chi connectivity index (χ3v) is 4.90. The van der Waals surface area contributed by atoms with Crippen molar-refractivity contribution >= 4 is 22.4 Å². The lowest BCUT2D eigenvalue weighted by Gasteiger charge is -2.47. The van der Waals surface area contributed by atoms with E-state index >= 15 is 0 Å². The van der Waals surface area contributed by atoms with Crippen molar-refractivity contribution in [1.29, 1.82) is 0 Å². The number of anilines is 2. The van der Waals surface area contributed by atoms with E-state index in [-0.39, 0.29) is 0 Å². The predicted molar refractivity (Wildman–Crippen MR) is 81.7 cm³/mol. The van der Waals surface area contributed by atoms with Gasteiger partial charge in [0.2, 0.25) is 11.1 Å². The summed E-state index contributed by atoms with van der Waals surface area (Å²) in [7, 11) is 0. The molecule has 2 aliphatic heterocycles. The van der Waals surface area contributed by atoms with Crippen LogP contribution in [0.1, 0.15) is 0 Å². The second kappa shape index (κ2) is 5.53. The van der Waals surface area contributed by atoms with Crippen molar-refractivity contribution in [3.8, 4) is 0 Å². The van der Waals surface area contributed by atoms with Crippen molar-refractivity contribution < 1.29 is 0 Å². The summed E-state index contributed by atoms with van der Waals surface area (Å²) >= 11 is 1.61. The molecular weight excluding hydrogens is 286 g/mol. The molecule has 0 aliphatic carbocycles. The van der Waals surface area contributed by atoms with Gasteiger partial charge in [0.1, 0.15) is 5.51 Å². The van der Waals surface area contributed by atoms with E-state index in [1.54, 1.807) is 29.2 Å². The van der Waals surface area contributed by atoms with Gasteiger partial charge in [0, 0.05) is 57.7 Å². The van der Waals surface area contributed by atoms with Gasteiger partial charge in [-0.2, -0.15) is 0 Å².